The van der Waals surface area contributed by atoms with Gasteiger partial charge in [-0.25, -0.2) is 0 Å². The summed E-state index contributed by atoms with van der Waals surface area (Å²) in [5.41, 5.74) is 1.00. The molecule has 1 aliphatic rings. The fourth-order valence-corrected chi connectivity index (χ4v) is 4.72. The zero-order chi connectivity index (χ0) is 19.4. The van der Waals surface area contributed by atoms with Gasteiger partial charge in [0, 0.05) is 11.4 Å². The van der Waals surface area contributed by atoms with Crippen LogP contribution in [0.15, 0.2) is 46.7 Å². The fraction of sp³-hybridized carbons (Fsp3) is 0.211. The van der Waals surface area contributed by atoms with Crippen LogP contribution >= 0.6 is 35.3 Å². The van der Waals surface area contributed by atoms with Crippen molar-refractivity contribution in [3.8, 4) is 5.75 Å². The number of thiocarbonyl (C=S) groups is 1. The first-order valence-electron chi connectivity index (χ1n) is 8.32. The van der Waals surface area contributed by atoms with Gasteiger partial charge < -0.3 is 10.4 Å². The molecule has 1 aromatic carbocycles. The first kappa shape index (κ1) is 19.6. The van der Waals surface area contributed by atoms with Gasteiger partial charge in [-0.3, -0.25) is 14.5 Å². The number of phenolic OH excluding ortho intramolecular Hbond substituents is 1. The van der Waals surface area contributed by atoms with E-state index in [1.54, 1.807) is 36.5 Å². The summed E-state index contributed by atoms with van der Waals surface area (Å²) in [4.78, 5) is 28.0. The monoisotopic (exact) mass is 418 g/mol. The molecule has 3 rings (SSSR count). The van der Waals surface area contributed by atoms with Crippen molar-refractivity contribution in [1.29, 1.82) is 0 Å². The minimum absolute atomic E-state index is 0.210. The van der Waals surface area contributed by atoms with Crippen molar-refractivity contribution in [2.45, 2.75) is 19.4 Å². The van der Waals surface area contributed by atoms with E-state index in [1.165, 1.54) is 16.7 Å². The number of nitrogens with zero attached hydrogens (tertiary/aromatic N) is 1. The average molecular weight is 419 g/mol. The molecule has 1 saturated heterocycles. The first-order chi connectivity index (χ1) is 13.0. The zero-order valence-corrected chi connectivity index (χ0v) is 17.0. The highest BCUT2D eigenvalue weighted by Gasteiger charge is 2.38. The van der Waals surface area contributed by atoms with E-state index in [4.69, 9.17) is 12.2 Å². The predicted octanol–water partition coefficient (Wildman–Crippen LogP) is 3.40. The lowest BCUT2D eigenvalue weighted by Gasteiger charge is -2.22. The molecule has 5 nitrogen and oxygen atoms in total. The molecule has 0 saturated carbocycles. The molecule has 1 fully saturated rings. The van der Waals surface area contributed by atoms with E-state index in [9.17, 15) is 14.7 Å². The van der Waals surface area contributed by atoms with Crippen LogP contribution in [-0.2, 0) is 16.0 Å². The standard InChI is InChI=1S/C19H18N2O3S3/c1-12(17(23)20-9-8-13-4-6-14(22)7-5-13)21-18(24)16(27-19(21)25)11-15-3-2-10-26-15/h2-7,10-12,22H,8-9H2,1H3,(H,20,23). The molecule has 8 heteroatoms. The van der Waals surface area contributed by atoms with Crippen molar-refractivity contribution in [2.24, 2.45) is 0 Å². The number of carbonyl (C=O) groups excluding carboxylic acids is 2. The van der Waals surface area contributed by atoms with Crippen LogP contribution in [0.2, 0.25) is 0 Å². The SMILES string of the molecule is CC(C(=O)NCCc1ccc(O)cc1)N1C(=O)C(=Cc2cccs2)SC1=S. The van der Waals surface area contributed by atoms with Crippen molar-refractivity contribution >= 4 is 57.5 Å². The van der Waals surface area contributed by atoms with E-state index in [0.717, 1.165) is 10.4 Å². The number of benzene rings is 1. The number of phenols is 1. The third kappa shape index (κ3) is 4.77. The predicted molar refractivity (Wildman–Crippen MR) is 114 cm³/mol. The molecule has 1 atom stereocenters. The van der Waals surface area contributed by atoms with Crippen molar-refractivity contribution in [1.82, 2.24) is 10.2 Å². The number of thiophene rings is 1. The van der Waals surface area contributed by atoms with E-state index in [-0.39, 0.29) is 17.6 Å². The Hall–Kier alpha value is -2.16. The molecule has 0 radical (unpaired) electrons. The van der Waals surface area contributed by atoms with Gasteiger partial charge in [-0.05, 0) is 48.6 Å². The Kier molecular flexibility index (Phi) is 6.30. The first-order valence-corrected chi connectivity index (χ1v) is 10.4. The largest absolute Gasteiger partial charge is 0.508 e. The highest BCUT2D eigenvalue weighted by Crippen LogP contribution is 2.34. The molecule has 1 aromatic heterocycles. The fourth-order valence-electron chi connectivity index (χ4n) is 2.57. The summed E-state index contributed by atoms with van der Waals surface area (Å²) in [5, 5.41) is 14.1. The van der Waals surface area contributed by atoms with Gasteiger partial charge >= 0.3 is 0 Å². The molecular weight excluding hydrogens is 400 g/mol. The normalized spacial score (nSPS) is 16.8. The second-order valence-electron chi connectivity index (χ2n) is 5.95. The highest BCUT2D eigenvalue weighted by atomic mass is 32.2. The molecule has 2 N–H and O–H groups in total. The van der Waals surface area contributed by atoms with Gasteiger partial charge in [-0.1, -0.05) is 42.2 Å². The van der Waals surface area contributed by atoms with E-state index < -0.39 is 6.04 Å². The second kappa shape index (κ2) is 8.69. The van der Waals surface area contributed by atoms with Gasteiger partial charge in [-0.2, -0.15) is 0 Å². The third-order valence-corrected chi connectivity index (χ3v) is 6.21. The summed E-state index contributed by atoms with van der Waals surface area (Å²) in [5.74, 6) is -0.275. The maximum atomic E-state index is 12.7. The smallest absolute Gasteiger partial charge is 0.266 e. The number of amides is 2. The summed E-state index contributed by atoms with van der Waals surface area (Å²) in [7, 11) is 0. The molecule has 1 aliphatic heterocycles. The molecule has 0 bridgehead atoms. The summed E-state index contributed by atoms with van der Waals surface area (Å²) < 4.78 is 0.393. The van der Waals surface area contributed by atoms with Crippen LogP contribution in [0.25, 0.3) is 6.08 Å². The van der Waals surface area contributed by atoms with E-state index in [2.05, 4.69) is 5.32 Å². The summed E-state index contributed by atoms with van der Waals surface area (Å²) in [6.07, 6.45) is 2.44. The quantitative estimate of drug-likeness (QED) is 0.556. The van der Waals surface area contributed by atoms with Crippen LogP contribution in [0, 0.1) is 0 Å². The van der Waals surface area contributed by atoms with Crippen molar-refractivity contribution in [3.63, 3.8) is 0 Å². The topological polar surface area (TPSA) is 69.6 Å². The molecule has 0 spiro atoms. The number of thioether (sulfide) groups is 1. The molecule has 2 aromatic rings. The van der Waals surface area contributed by atoms with Crippen molar-refractivity contribution < 1.29 is 14.7 Å². The molecule has 27 heavy (non-hydrogen) atoms. The Bertz CT molecular complexity index is 876. The number of hydrogen-bond donors (Lipinski definition) is 2. The van der Waals surface area contributed by atoms with Crippen molar-refractivity contribution in [2.75, 3.05) is 6.54 Å². The number of hydrogen-bond acceptors (Lipinski definition) is 6. The Morgan fingerprint density at radius 1 is 1.33 bits per heavy atom. The maximum absolute atomic E-state index is 12.7. The minimum Gasteiger partial charge on any atom is -0.508 e. The summed E-state index contributed by atoms with van der Waals surface area (Å²) in [6, 6.07) is 10.0. The molecule has 1 unspecified atom stereocenters. The number of carbonyl (C=O) groups is 2. The van der Waals surface area contributed by atoms with Gasteiger partial charge in [0.1, 0.15) is 16.1 Å². The minimum atomic E-state index is -0.674. The third-order valence-electron chi connectivity index (χ3n) is 4.06. The van der Waals surface area contributed by atoms with Gasteiger partial charge in [0.15, 0.2) is 0 Å². The molecule has 140 valence electrons. The number of rotatable bonds is 6. The number of aromatic hydroxyl groups is 1. The van der Waals surface area contributed by atoms with Crippen LogP contribution in [0.3, 0.4) is 0 Å². The molecule has 2 amide bonds. The van der Waals surface area contributed by atoms with Gasteiger partial charge in [-0.15, -0.1) is 11.3 Å². The van der Waals surface area contributed by atoms with Gasteiger partial charge in [0.2, 0.25) is 5.91 Å². The molecule has 2 heterocycles. The van der Waals surface area contributed by atoms with Crippen LogP contribution in [-0.4, -0.2) is 38.7 Å². The zero-order valence-electron chi connectivity index (χ0n) is 14.5. The molecular formula is C19H18N2O3S3. The van der Waals surface area contributed by atoms with E-state index in [1.807, 2.05) is 29.6 Å². The average Bonchev–Trinajstić information content (AvgIpc) is 3.24. The van der Waals surface area contributed by atoms with Crippen LogP contribution in [0.4, 0.5) is 0 Å². The maximum Gasteiger partial charge on any atom is 0.266 e. The Morgan fingerprint density at radius 3 is 2.74 bits per heavy atom. The highest BCUT2D eigenvalue weighted by molar-refractivity contribution is 8.26. The summed E-state index contributed by atoms with van der Waals surface area (Å²) >= 11 is 8.07. The number of nitrogens with one attached hydrogen (secondary N) is 1. The van der Waals surface area contributed by atoms with Gasteiger partial charge in [0.05, 0.1) is 4.91 Å². The van der Waals surface area contributed by atoms with E-state index >= 15 is 0 Å². The molecule has 0 aliphatic carbocycles. The van der Waals surface area contributed by atoms with E-state index in [0.29, 0.717) is 22.2 Å². The van der Waals surface area contributed by atoms with Crippen LogP contribution in [0.5, 0.6) is 5.75 Å². The Morgan fingerprint density at radius 2 is 2.07 bits per heavy atom. The lowest BCUT2D eigenvalue weighted by atomic mass is 10.1. The Labute approximate surface area is 171 Å². The summed E-state index contributed by atoms with van der Waals surface area (Å²) in [6.45, 7) is 2.11. The van der Waals surface area contributed by atoms with Crippen LogP contribution < -0.4 is 5.32 Å². The Balaban J connectivity index is 1.58. The lowest BCUT2D eigenvalue weighted by Crippen LogP contribution is -2.47. The lowest BCUT2D eigenvalue weighted by molar-refractivity contribution is -0.132. The second-order valence-corrected chi connectivity index (χ2v) is 8.61. The van der Waals surface area contributed by atoms with Crippen LogP contribution in [0.1, 0.15) is 17.4 Å². The van der Waals surface area contributed by atoms with Gasteiger partial charge in [0.25, 0.3) is 5.91 Å². The van der Waals surface area contributed by atoms with Crippen molar-refractivity contribution in [3.05, 3.63) is 57.1 Å².